The lowest BCUT2D eigenvalue weighted by molar-refractivity contribution is 0.0986. The fraction of sp³-hybridized carbons (Fsp3) is 0.333. The van der Waals surface area contributed by atoms with Crippen molar-refractivity contribution in [3.05, 3.63) is 51.0 Å². The van der Waals surface area contributed by atoms with E-state index in [1.54, 1.807) is 4.68 Å². The number of hydrogen-bond acceptors (Lipinski definition) is 2. The quantitative estimate of drug-likeness (QED) is 0.765. The molecule has 0 radical (unpaired) electrons. The summed E-state index contributed by atoms with van der Waals surface area (Å²) in [4.78, 5) is 12.3. The number of ketones is 1. The van der Waals surface area contributed by atoms with E-state index >= 15 is 0 Å². The zero-order valence-electron chi connectivity index (χ0n) is 11.8. The molecule has 0 aliphatic heterocycles. The average molecular weight is 329 g/mol. The summed E-state index contributed by atoms with van der Waals surface area (Å²) >= 11 is 11.9. The first-order valence-electron chi connectivity index (χ1n) is 6.70. The molecule has 0 atom stereocenters. The maximum Gasteiger partial charge on any atom is 0.171 e. The third-order valence-corrected chi connectivity index (χ3v) is 3.93. The molecule has 0 spiro atoms. The van der Waals surface area contributed by atoms with Gasteiger partial charge in [0, 0.05) is 11.6 Å². The van der Waals surface area contributed by atoms with Gasteiger partial charge in [-0.1, -0.05) is 30.1 Å². The van der Waals surface area contributed by atoms with Crippen molar-refractivity contribution in [1.29, 1.82) is 0 Å². The highest BCUT2D eigenvalue weighted by Crippen LogP contribution is 2.24. The summed E-state index contributed by atoms with van der Waals surface area (Å²) in [6.07, 6.45) is 0.695. The number of benzene rings is 1. The van der Waals surface area contributed by atoms with E-state index in [2.05, 4.69) is 5.10 Å². The van der Waals surface area contributed by atoms with Crippen LogP contribution in [0.5, 0.6) is 0 Å². The van der Waals surface area contributed by atoms with Gasteiger partial charge in [0.05, 0.1) is 28.4 Å². The second-order valence-corrected chi connectivity index (χ2v) is 5.42. The van der Waals surface area contributed by atoms with Gasteiger partial charge in [0.25, 0.3) is 0 Å². The highest BCUT2D eigenvalue weighted by Gasteiger charge is 2.20. The van der Waals surface area contributed by atoms with Gasteiger partial charge in [0.15, 0.2) is 5.78 Å². The van der Waals surface area contributed by atoms with Gasteiger partial charge in [-0.2, -0.15) is 5.10 Å². The van der Waals surface area contributed by atoms with Gasteiger partial charge in [-0.15, -0.1) is 0 Å². The summed E-state index contributed by atoms with van der Waals surface area (Å²) in [5, 5.41) is 5.09. The van der Waals surface area contributed by atoms with Crippen LogP contribution in [-0.4, -0.2) is 15.6 Å². The van der Waals surface area contributed by atoms with Crippen molar-refractivity contribution in [3.63, 3.8) is 0 Å². The number of hydrogen-bond donors (Lipinski definition) is 0. The molecule has 1 aromatic heterocycles. The van der Waals surface area contributed by atoms with Crippen molar-refractivity contribution in [2.45, 2.75) is 33.2 Å². The molecular formula is C15H15Cl2FN2O. The first-order chi connectivity index (χ1) is 9.97. The van der Waals surface area contributed by atoms with Crippen LogP contribution in [-0.2, 0) is 19.4 Å². The topological polar surface area (TPSA) is 34.9 Å². The molecule has 0 saturated carbocycles. The summed E-state index contributed by atoms with van der Waals surface area (Å²) in [5.74, 6) is -0.967. The Balaban J connectivity index is 2.33. The number of carbonyl (C=O) groups excluding carboxylic acids is 1. The van der Waals surface area contributed by atoms with Crippen molar-refractivity contribution in [2.75, 3.05) is 0 Å². The monoisotopic (exact) mass is 328 g/mol. The van der Waals surface area contributed by atoms with E-state index in [0.29, 0.717) is 23.7 Å². The number of nitrogens with zero attached hydrogens (tertiary/aromatic N) is 2. The maximum absolute atomic E-state index is 13.8. The van der Waals surface area contributed by atoms with E-state index in [4.69, 9.17) is 23.2 Å². The van der Waals surface area contributed by atoms with Gasteiger partial charge in [-0.3, -0.25) is 9.48 Å². The smallest absolute Gasteiger partial charge is 0.171 e. The van der Waals surface area contributed by atoms with Gasteiger partial charge >= 0.3 is 0 Å². The second-order valence-electron chi connectivity index (χ2n) is 4.60. The molecule has 3 nitrogen and oxygen atoms in total. The highest BCUT2D eigenvalue weighted by molar-refractivity contribution is 6.32. The van der Waals surface area contributed by atoms with Crippen LogP contribution in [0.25, 0.3) is 0 Å². The minimum absolute atomic E-state index is 0.0115. The zero-order valence-corrected chi connectivity index (χ0v) is 13.3. The summed E-state index contributed by atoms with van der Waals surface area (Å²) in [6.45, 7) is 4.46. The number of aromatic nitrogens is 2. The van der Waals surface area contributed by atoms with Crippen LogP contribution >= 0.6 is 23.2 Å². The van der Waals surface area contributed by atoms with E-state index in [-0.39, 0.29) is 22.8 Å². The van der Waals surface area contributed by atoms with Crippen molar-refractivity contribution >= 4 is 29.0 Å². The molecule has 0 aliphatic rings. The van der Waals surface area contributed by atoms with Gasteiger partial charge < -0.3 is 0 Å². The van der Waals surface area contributed by atoms with Crippen molar-refractivity contribution in [3.8, 4) is 0 Å². The van der Waals surface area contributed by atoms with E-state index in [0.717, 1.165) is 11.8 Å². The number of halogens is 3. The standard InChI is InChI=1S/C15H15Cl2FN2O/c1-3-12-15(17)13(20(4-2)19-12)8-14(21)10-6-5-9(16)7-11(10)18/h5-7H,3-4,8H2,1-2H3. The van der Waals surface area contributed by atoms with Crippen LogP contribution in [0.15, 0.2) is 18.2 Å². The molecule has 0 saturated heterocycles. The Labute approximate surface area is 132 Å². The Hall–Kier alpha value is -1.39. The number of rotatable bonds is 5. The summed E-state index contributed by atoms with van der Waals surface area (Å²) in [6, 6.07) is 4.01. The molecule has 112 valence electrons. The Morgan fingerprint density at radius 3 is 2.62 bits per heavy atom. The fourth-order valence-electron chi connectivity index (χ4n) is 2.15. The second kappa shape index (κ2) is 6.58. The SMILES string of the molecule is CCc1nn(CC)c(CC(=O)c2ccc(Cl)cc2F)c1Cl. The predicted octanol–water partition coefficient (Wildman–Crippen LogP) is 4.34. The molecule has 0 N–H and O–H groups in total. The number of Topliss-reactive ketones (excluding diaryl/α,β-unsaturated/α-hetero) is 1. The maximum atomic E-state index is 13.8. The first-order valence-corrected chi connectivity index (χ1v) is 7.45. The molecule has 2 aromatic rings. The summed E-state index contributed by atoms with van der Waals surface area (Å²) in [7, 11) is 0. The highest BCUT2D eigenvalue weighted by atomic mass is 35.5. The predicted molar refractivity (Wildman–Crippen MR) is 81.7 cm³/mol. The molecule has 0 fully saturated rings. The molecule has 21 heavy (non-hydrogen) atoms. The van der Waals surface area contributed by atoms with Crippen LogP contribution in [0.4, 0.5) is 4.39 Å². The molecule has 2 rings (SSSR count). The van der Waals surface area contributed by atoms with Gasteiger partial charge in [0.2, 0.25) is 0 Å². The van der Waals surface area contributed by atoms with Crippen LogP contribution in [0, 0.1) is 5.82 Å². The summed E-state index contributed by atoms with van der Waals surface area (Å²) in [5.41, 5.74) is 1.38. The molecule has 6 heteroatoms. The fourth-order valence-corrected chi connectivity index (χ4v) is 2.64. The largest absolute Gasteiger partial charge is 0.294 e. The lowest BCUT2D eigenvalue weighted by Crippen LogP contribution is -2.11. The molecule has 1 aromatic carbocycles. The van der Waals surface area contributed by atoms with Crippen LogP contribution in [0.3, 0.4) is 0 Å². The van der Waals surface area contributed by atoms with E-state index in [1.807, 2.05) is 13.8 Å². The molecule has 0 amide bonds. The minimum Gasteiger partial charge on any atom is -0.294 e. The summed E-state index contributed by atoms with van der Waals surface area (Å²) < 4.78 is 15.5. The van der Waals surface area contributed by atoms with E-state index in [9.17, 15) is 9.18 Å². The minimum atomic E-state index is -0.623. The van der Waals surface area contributed by atoms with E-state index < -0.39 is 5.82 Å². The lowest BCUT2D eigenvalue weighted by Gasteiger charge is -2.06. The first kappa shape index (κ1) is 16.0. The molecular weight excluding hydrogens is 314 g/mol. The Kier molecular flexibility index (Phi) is 5.01. The number of carbonyl (C=O) groups is 1. The van der Waals surface area contributed by atoms with Crippen molar-refractivity contribution < 1.29 is 9.18 Å². The molecule has 0 aliphatic carbocycles. The third-order valence-electron chi connectivity index (χ3n) is 3.25. The Morgan fingerprint density at radius 2 is 2.05 bits per heavy atom. The molecule has 0 bridgehead atoms. The van der Waals surface area contributed by atoms with E-state index in [1.165, 1.54) is 12.1 Å². The normalized spacial score (nSPS) is 10.9. The van der Waals surface area contributed by atoms with Gasteiger partial charge in [-0.25, -0.2) is 4.39 Å². The zero-order chi connectivity index (χ0) is 15.6. The van der Waals surface area contributed by atoms with Gasteiger partial charge in [-0.05, 0) is 31.5 Å². The Bertz CT molecular complexity index is 683. The average Bonchev–Trinajstić information content (AvgIpc) is 2.75. The lowest BCUT2D eigenvalue weighted by atomic mass is 10.1. The van der Waals surface area contributed by atoms with Crippen LogP contribution in [0.2, 0.25) is 10.0 Å². The third kappa shape index (κ3) is 3.27. The van der Waals surface area contributed by atoms with Crippen molar-refractivity contribution in [2.24, 2.45) is 0 Å². The Morgan fingerprint density at radius 1 is 1.33 bits per heavy atom. The van der Waals surface area contributed by atoms with Crippen molar-refractivity contribution in [1.82, 2.24) is 9.78 Å². The van der Waals surface area contributed by atoms with Crippen LogP contribution in [0.1, 0.15) is 35.6 Å². The molecule has 1 heterocycles. The molecule has 0 unspecified atom stereocenters. The van der Waals surface area contributed by atoms with Gasteiger partial charge in [0.1, 0.15) is 5.82 Å². The van der Waals surface area contributed by atoms with Crippen LogP contribution < -0.4 is 0 Å². The number of aryl methyl sites for hydroxylation is 2.